The van der Waals surface area contributed by atoms with Crippen LogP contribution in [0.4, 0.5) is 0 Å². The van der Waals surface area contributed by atoms with E-state index in [0.717, 1.165) is 17.1 Å². The van der Waals surface area contributed by atoms with Crippen LogP contribution in [-0.4, -0.2) is 50.4 Å². The van der Waals surface area contributed by atoms with Crippen LogP contribution in [0.25, 0.3) is 0 Å². The Morgan fingerprint density at radius 2 is 1.65 bits per heavy atom. The molecule has 0 amide bonds. The van der Waals surface area contributed by atoms with E-state index in [9.17, 15) is 8.42 Å². The molecule has 0 N–H and O–H groups in total. The van der Waals surface area contributed by atoms with E-state index in [1.807, 2.05) is 31.2 Å². The van der Waals surface area contributed by atoms with Crippen molar-refractivity contribution in [3.63, 3.8) is 0 Å². The summed E-state index contributed by atoms with van der Waals surface area (Å²) in [6.07, 6.45) is 0. The van der Waals surface area contributed by atoms with E-state index in [0.29, 0.717) is 43.4 Å². The summed E-state index contributed by atoms with van der Waals surface area (Å²) in [5.74, 6) is 0.677. The standard InChI is InChI=1S/C19H23ClN2O3S/c1-2-25-17-7-9-18(10-8-17)26(23,24)22-13-11-21(12-14-22)15-16-5-3-4-6-19(16)20/h3-10H,2,11-15H2,1H3. The fraction of sp³-hybridized carbons (Fsp3) is 0.368. The molecule has 3 rings (SSSR count). The average molecular weight is 395 g/mol. The second-order valence-corrected chi connectivity index (χ2v) is 8.52. The van der Waals surface area contributed by atoms with Crippen molar-refractivity contribution >= 4 is 21.6 Å². The highest BCUT2D eigenvalue weighted by Crippen LogP contribution is 2.22. The first kappa shape index (κ1) is 19.2. The Morgan fingerprint density at radius 3 is 2.27 bits per heavy atom. The van der Waals surface area contributed by atoms with Crippen LogP contribution in [0.2, 0.25) is 5.02 Å². The molecule has 1 fully saturated rings. The Labute approximate surface area is 160 Å². The van der Waals surface area contributed by atoms with E-state index in [1.54, 1.807) is 28.6 Å². The number of ether oxygens (including phenoxy) is 1. The van der Waals surface area contributed by atoms with Crippen LogP contribution in [0.15, 0.2) is 53.4 Å². The predicted octanol–water partition coefficient (Wildman–Crippen LogP) is 3.25. The highest BCUT2D eigenvalue weighted by Gasteiger charge is 2.28. The van der Waals surface area contributed by atoms with Crippen LogP contribution < -0.4 is 4.74 Å². The van der Waals surface area contributed by atoms with Gasteiger partial charge in [0.15, 0.2) is 0 Å². The third kappa shape index (κ3) is 4.38. The Morgan fingerprint density at radius 1 is 1.00 bits per heavy atom. The molecular formula is C19H23ClN2O3S. The molecule has 0 atom stereocenters. The van der Waals surface area contributed by atoms with Crippen molar-refractivity contribution in [2.45, 2.75) is 18.4 Å². The molecule has 2 aromatic carbocycles. The normalized spacial score (nSPS) is 16.5. The van der Waals surface area contributed by atoms with Gasteiger partial charge >= 0.3 is 0 Å². The van der Waals surface area contributed by atoms with Crippen LogP contribution >= 0.6 is 11.6 Å². The molecule has 2 aromatic rings. The van der Waals surface area contributed by atoms with E-state index >= 15 is 0 Å². The smallest absolute Gasteiger partial charge is 0.243 e. The maximum atomic E-state index is 12.8. The van der Waals surface area contributed by atoms with Gasteiger partial charge in [0.05, 0.1) is 11.5 Å². The van der Waals surface area contributed by atoms with E-state index in [-0.39, 0.29) is 0 Å². The number of piperazine rings is 1. The zero-order valence-corrected chi connectivity index (χ0v) is 16.3. The predicted molar refractivity (Wildman–Crippen MR) is 103 cm³/mol. The van der Waals surface area contributed by atoms with Crippen LogP contribution in [0, 0.1) is 0 Å². The SMILES string of the molecule is CCOc1ccc(S(=O)(=O)N2CCN(Cc3ccccc3Cl)CC2)cc1. The monoisotopic (exact) mass is 394 g/mol. The van der Waals surface area contributed by atoms with Crippen molar-refractivity contribution in [3.8, 4) is 5.75 Å². The van der Waals surface area contributed by atoms with Gasteiger partial charge in [0.25, 0.3) is 0 Å². The minimum atomic E-state index is -3.47. The topological polar surface area (TPSA) is 49.9 Å². The van der Waals surface area contributed by atoms with Crippen molar-refractivity contribution < 1.29 is 13.2 Å². The van der Waals surface area contributed by atoms with Crippen LogP contribution in [0.5, 0.6) is 5.75 Å². The molecule has 0 radical (unpaired) electrons. The number of halogens is 1. The van der Waals surface area contributed by atoms with E-state index in [1.165, 1.54) is 0 Å². The Hall–Kier alpha value is -1.60. The van der Waals surface area contributed by atoms with Gasteiger partial charge in [0, 0.05) is 37.7 Å². The Balaban J connectivity index is 1.62. The lowest BCUT2D eigenvalue weighted by Gasteiger charge is -2.34. The Kier molecular flexibility index (Phi) is 6.19. The number of hydrogen-bond acceptors (Lipinski definition) is 4. The molecule has 0 aliphatic carbocycles. The van der Waals surface area contributed by atoms with Gasteiger partial charge in [-0.25, -0.2) is 8.42 Å². The lowest BCUT2D eigenvalue weighted by atomic mass is 10.2. The molecule has 1 aliphatic heterocycles. The van der Waals surface area contributed by atoms with E-state index in [4.69, 9.17) is 16.3 Å². The van der Waals surface area contributed by atoms with Crippen LogP contribution in [0.1, 0.15) is 12.5 Å². The molecule has 0 unspecified atom stereocenters. The number of rotatable bonds is 6. The summed E-state index contributed by atoms with van der Waals surface area (Å²) >= 11 is 6.22. The van der Waals surface area contributed by atoms with Gasteiger partial charge in [-0.05, 0) is 42.8 Å². The van der Waals surface area contributed by atoms with Crippen molar-refractivity contribution in [2.24, 2.45) is 0 Å². The quantitative estimate of drug-likeness (QED) is 0.754. The maximum absolute atomic E-state index is 12.8. The van der Waals surface area contributed by atoms with Gasteiger partial charge in [-0.2, -0.15) is 4.31 Å². The fourth-order valence-corrected chi connectivity index (χ4v) is 4.64. The molecule has 0 spiro atoms. The van der Waals surface area contributed by atoms with Crippen LogP contribution in [-0.2, 0) is 16.6 Å². The van der Waals surface area contributed by atoms with Crippen molar-refractivity contribution in [3.05, 3.63) is 59.1 Å². The van der Waals surface area contributed by atoms with Gasteiger partial charge in [-0.1, -0.05) is 29.8 Å². The van der Waals surface area contributed by atoms with Gasteiger partial charge in [-0.3, -0.25) is 4.90 Å². The molecule has 7 heteroatoms. The maximum Gasteiger partial charge on any atom is 0.243 e. The van der Waals surface area contributed by atoms with E-state index < -0.39 is 10.0 Å². The summed E-state index contributed by atoms with van der Waals surface area (Å²) in [4.78, 5) is 2.53. The number of hydrogen-bond donors (Lipinski definition) is 0. The van der Waals surface area contributed by atoms with Gasteiger partial charge in [-0.15, -0.1) is 0 Å². The number of benzene rings is 2. The highest BCUT2D eigenvalue weighted by atomic mass is 35.5. The first-order chi connectivity index (χ1) is 12.5. The van der Waals surface area contributed by atoms with Crippen molar-refractivity contribution in [1.29, 1.82) is 0 Å². The minimum absolute atomic E-state index is 0.306. The fourth-order valence-electron chi connectivity index (χ4n) is 3.02. The highest BCUT2D eigenvalue weighted by molar-refractivity contribution is 7.89. The lowest BCUT2D eigenvalue weighted by molar-refractivity contribution is 0.181. The van der Waals surface area contributed by atoms with Crippen LogP contribution in [0.3, 0.4) is 0 Å². The molecule has 140 valence electrons. The summed E-state index contributed by atoms with van der Waals surface area (Å²) < 4.78 is 32.6. The van der Waals surface area contributed by atoms with Gasteiger partial charge < -0.3 is 4.74 Å². The lowest BCUT2D eigenvalue weighted by Crippen LogP contribution is -2.48. The molecule has 0 saturated carbocycles. The molecule has 1 saturated heterocycles. The largest absolute Gasteiger partial charge is 0.494 e. The molecule has 1 aliphatic rings. The molecule has 5 nitrogen and oxygen atoms in total. The molecule has 0 bridgehead atoms. The second-order valence-electron chi connectivity index (χ2n) is 6.18. The summed E-state index contributed by atoms with van der Waals surface area (Å²) in [6, 6.07) is 14.4. The molecule has 0 aromatic heterocycles. The number of sulfonamides is 1. The summed E-state index contributed by atoms with van der Waals surface area (Å²) in [6.45, 7) is 5.49. The zero-order chi connectivity index (χ0) is 18.6. The minimum Gasteiger partial charge on any atom is -0.494 e. The average Bonchev–Trinajstić information content (AvgIpc) is 2.65. The summed E-state index contributed by atoms with van der Waals surface area (Å²) in [5.41, 5.74) is 1.07. The zero-order valence-electron chi connectivity index (χ0n) is 14.8. The first-order valence-electron chi connectivity index (χ1n) is 8.69. The van der Waals surface area contributed by atoms with Crippen molar-refractivity contribution in [2.75, 3.05) is 32.8 Å². The molecular weight excluding hydrogens is 372 g/mol. The van der Waals surface area contributed by atoms with Crippen molar-refractivity contribution in [1.82, 2.24) is 9.21 Å². The first-order valence-corrected chi connectivity index (χ1v) is 10.5. The third-order valence-electron chi connectivity index (χ3n) is 4.46. The van der Waals surface area contributed by atoms with E-state index in [2.05, 4.69) is 4.90 Å². The van der Waals surface area contributed by atoms with Gasteiger partial charge in [0.1, 0.15) is 5.75 Å². The Bertz CT molecular complexity index is 832. The second kappa shape index (κ2) is 8.39. The summed E-state index contributed by atoms with van der Waals surface area (Å²) in [5, 5.41) is 0.747. The summed E-state index contributed by atoms with van der Waals surface area (Å²) in [7, 11) is -3.47. The third-order valence-corrected chi connectivity index (χ3v) is 6.74. The number of nitrogens with zero attached hydrogens (tertiary/aromatic N) is 2. The molecule has 26 heavy (non-hydrogen) atoms. The molecule has 1 heterocycles. The van der Waals surface area contributed by atoms with Gasteiger partial charge in [0.2, 0.25) is 10.0 Å².